The first kappa shape index (κ1) is 11.4. The van der Waals surface area contributed by atoms with Crippen LogP contribution in [0.5, 0.6) is 11.5 Å². The maximum absolute atomic E-state index is 10.6. The highest BCUT2D eigenvalue weighted by molar-refractivity contribution is 5.79. The van der Waals surface area contributed by atoms with E-state index in [4.69, 9.17) is 20.3 Å². The fraction of sp³-hybridized carbons (Fsp3) is 0.364. The molecule has 0 bridgehead atoms. The molecule has 6 nitrogen and oxygen atoms in total. The summed E-state index contributed by atoms with van der Waals surface area (Å²) in [5.74, 6) is 0.278. The van der Waals surface area contributed by atoms with Crippen LogP contribution in [-0.4, -0.2) is 37.9 Å². The second-order valence-electron chi connectivity index (χ2n) is 3.80. The summed E-state index contributed by atoms with van der Waals surface area (Å²) in [4.78, 5) is 12.2. The average molecular weight is 238 g/mol. The monoisotopic (exact) mass is 238 g/mol. The van der Waals surface area contributed by atoms with Crippen LogP contribution in [0.15, 0.2) is 12.1 Å². The first-order chi connectivity index (χ1) is 8.08. The van der Waals surface area contributed by atoms with Crippen LogP contribution in [0.25, 0.3) is 0 Å². The van der Waals surface area contributed by atoms with E-state index >= 15 is 0 Å². The van der Waals surface area contributed by atoms with Crippen molar-refractivity contribution in [1.29, 1.82) is 0 Å². The minimum atomic E-state index is -0.915. The van der Waals surface area contributed by atoms with Gasteiger partial charge in [-0.05, 0) is 0 Å². The van der Waals surface area contributed by atoms with Crippen molar-refractivity contribution in [3.05, 3.63) is 12.1 Å². The van der Waals surface area contributed by atoms with Gasteiger partial charge in [0.1, 0.15) is 19.8 Å². The molecular formula is C11H14N2O4. The predicted octanol–water partition coefficient (Wildman–Crippen LogP) is 0.561. The van der Waals surface area contributed by atoms with E-state index in [0.717, 1.165) is 0 Å². The van der Waals surface area contributed by atoms with Crippen molar-refractivity contribution in [2.75, 3.05) is 37.4 Å². The van der Waals surface area contributed by atoms with E-state index in [-0.39, 0.29) is 6.54 Å². The Balaban J connectivity index is 2.31. The van der Waals surface area contributed by atoms with Crippen molar-refractivity contribution in [2.24, 2.45) is 0 Å². The van der Waals surface area contributed by atoms with Crippen LogP contribution in [0.4, 0.5) is 11.4 Å². The van der Waals surface area contributed by atoms with Gasteiger partial charge in [0.15, 0.2) is 11.5 Å². The van der Waals surface area contributed by atoms with Crippen molar-refractivity contribution >= 4 is 17.3 Å². The number of carboxylic acids is 1. The molecule has 3 N–H and O–H groups in total. The van der Waals surface area contributed by atoms with Crippen molar-refractivity contribution in [3.63, 3.8) is 0 Å². The van der Waals surface area contributed by atoms with E-state index < -0.39 is 5.97 Å². The molecule has 1 heterocycles. The molecular weight excluding hydrogens is 224 g/mol. The van der Waals surface area contributed by atoms with Crippen molar-refractivity contribution < 1.29 is 19.4 Å². The largest absolute Gasteiger partial charge is 0.486 e. The number of hydrogen-bond donors (Lipinski definition) is 2. The Kier molecular flexibility index (Phi) is 2.95. The molecule has 0 saturated heterocycles. The molecule has 0 saturated carbocycles. The zero-order chi connectivity index (χ0) is 12.4. The van der Waals surface area contributed by atoms with Gasteiger partial charge < -0.3 is 25.2 Å². The Bertz CT molecular complexity index is 447. The third kappa shape index (κ3) is 2.35. The third-order valence-electron chi connectivity index (χ3n) is 2.48. The molecule has 1 aliphatic heterocycles. The number of hydrogen-bond acceptors (Lipinski definition) is 5. The number of nitrogen functional groups attached to an aromatic ring is 1. The van der Waals surface area contributed by atoms with Gasteiger partial charge in [0, 0.05) is 19.2 Å². The van der Waals surface area contributed by atoms with Crippen molar-refractivity contribution in [2.45, 2.75) is 0 Å². The molecule has 0 spiro atoms. The number of nitrogens with two attached hydrogens (primary N) is 1. The maximum atomic E-state index is 10.6. The fourth-order valence-corrected chi connectivity index (χ4v) is 1.71. The van der Waals surface area contributed by atoms with Crippen LogP contribution in [-0.2, 0) is 4.79 Å². The van der Waals surface area contributed by atoms with Gasteiger partial charge in [0.2, 0.25) is 0 Å². The van der Waals surface area contributed by atoms with E-state index in [2.05, 4.69) is 0 Å². The zero-order valence-corrected chi connectivity index (χ0v) is 9.47. The number of ether oxygens (including phenoxy) is 2. The summed E-state index contributed by atoms with van der Waals surface area (Å²) in [5, 5.41) is 8.74. The summed E-state index contributed by atoms with van der Waals surface area (Å²) < 4.78 is 10.8. The molecule has 1 aliphatic rings. The van der Waals surface area contributed by atoms with Gasteiger partial charge in [-0.2, -0.15) is 0 Å². The molecule has 0 aliphatic carbocycles. The Morgan fingerprint density at radius 1 is 1.41 bits per heavy atom. The van der Waals surface area contributed by atoms with Crippen LogP contribution in [0.2, 0.25) is 0 Å². The van der Waals surface area contributed by atoms with Crippen LogP contribution in [0.1, 0.15) is 0 Å². The van der Waals surface area contributed by atoms with E-state index in [9.17, 15) is 4.79 Å². The molecule has 0 aromatic heterocycles. The Hall–Kier alpha value is -2.11. The van der Waals surface area contributed by atoms with E-state index in [1.165, 1.54) is 0 Å². The lowest BCUT2D eigenvalue weighted by atomic mass is 10.2. The number of aliphatic carboxylic acids is 1. The van der Waals surface area contributed by atoms with Crippen LogP contribution in [0.3, 0.4) is 0 Å². The summed E-state index contributed by atoms with van der Waals surface area (Å²) in [7, 11) is 1.66. The topological polar surface area (TPSA) is 85.0 Å². The molecule has 0 radical (unpaired) electrons. The summed E-state index contributed by atoms with van der Waals surface area (Å²) in [5.41, 5.74) is 6.94. The van der Waals surface area contributed by atoms with Gasteiger partial charge in [0.05, 0.1) is 11.4 Å². The lowest BCUT2D eigenvalue weighted by Crippen LogP contribution is -2.26. The van der Waals surface area contributed by atoms with Gasteiger partial charge in [-0.3, -0.25) is 4.79 Å². The first-order valence-electron chi connectivity index (χ1n) is 5.20. The third-order valence-corrected chi connectivity index (χ3v) is 2.48. The van der Waals surface area contributed by atoms with E-state index in [0.29, 0.717) is 36.1 Å². The smallest absolute Gasteiger partial charge is 0.323 e. The number of carbonyl (C=O) groups is 1. The summed E-state index contributed by atoms with van der Waals surface area (Å²) in [6.07, 6.45) is 0. The fourth-order valence-electron chi connectivity index (χ4n) is 1.71. The molecule has 1 aromatic carbocycles. The SMILES string of the molecule is CN(CC(=O)O)c1cc2c(cc1N)OCCO2. The maximum Gasteiger partial charge on any atom is 0.323 e. The Morgan fingerprint density at radius 2 is 2.00 bits per heavy atom. The summed E-state index contributed by atoms with van der Waals surface area (Å²) in [6, 6.07) is 3.36. The minimum absolute atomic E-state index is 0.121. The van der Waals surface area contributed by atoms with Crippen molar-refractivity contribution in [1.82, 2.24) is 0 Å². The standard InChI is InChI=1S/C11H14N2O4/c1-13(6-11(14)15)8-5-10-9(4-7(8)12)16-2-3-17-10/h4-5H,2-3,6,12H2,1H3,(H,14,15). The van der Waals surface area contributed by atoms with Crippen LogP contribution < -0.4 is 20.1 Å². The number of nitrogens with zero attached hydrogens (tertiary/aromatic N) is 1. The Morgan fingerprint density at radius 3 is 2.59 bits per heavy atom. The molecule has 0 atom stereocenters. The lowest BCUT2D eigenvalue weighted by molar-refractivity contribution is -0.135. The first-order valence-corrected chi connectivity index (χ1v) is 5.20. The number of carboxylic acid groups (broad SMARTS) is 1. The Labute approximate surface area is 98.5 Å². The van der Waals surface area contributed by atoms with Crippen molar-refractivity contribution in [3.8, 4) is 11.5 Å². The van der Waals surface area contributed by atoms with Gasteiger partial charge in [-0.25, -0.2) is 0 Å². The second-order valence-corrected chi connectivity index (χ2v) is 3.80. The normalized spacial score (nSPS) is 13.2. The predicted molar refractivity (Wildman–Crippen MR) is 62.8 cm³/mol. The van der Waals surface area contributed by atoms with E-state index in [1.54, 1.807) is 24.1 Å². The van der Waals surface area contributed by atoms with Gasteiger partial charge in [-0.1, -0.05) is 0 Å². The van der Waals surface area contributed by atoms with E-state index in [1.807, 2.05) is 0 Å². The average Bonchev–Trinajstić information content (AvgIpc) is 2.27. The number of fused-ring (bicyclic) bond motifs is 1. The molecule has 0 fully saturated rings. The zero-order valence-electron chi connectivity index (χ0n) is 9.47. The van der Waals surface area contributed by atoms with Crippen LogP contribution in [0, 0.1) is 0 Å². The molecule has 2 rings (SSSR count). The molecule has 6 heteroatoms. The van der Waals surface area contributed by atoms with Crippen LogP contribution >= 0.6 is 0 Å². The molecule has 17 heavy (non-hydrogen) atoms. The highest BCUT2D eigenvalue weighted by Crippen LogP contribution is 2.38. The highest BCUT2D eigenvalue weighted by atomic mass is 16.6. The summed E-state index contributed by atoms with van der Waals surface area (Å²) in [6.45, 7) is 0.861. The summed E-state index contributed by atoms with van der Waals surface area (Å²) >= 11 is 0. The number of rotatable bonds is 3. The molecule has 92 valence electrons. The number of likely N-dealkylation sites (N-methyl/N-ethyl adjacent to an activating group) is 1. The second kappa shape index (κ2) is 4.40. The number of benzene rings is 1. The van der Waals surface area contributed by atoms with Gasteiger partial charge in [0.25, 0.3) is 0 Å². The van der Waals surface area contributed by atoms with Gasteiger partial charge in [-0.15, -0.1) is 0 Å². The van der Waals surface area contributed by atoms with Gasteiger partial charge >= 0.3 is 5.97 Å². The lowest BCUT2D eigenvalue weighted by Gasteiger charge is -2.24. The quantitative estimate of drug-likeness (QED) is 0.748. The molecule has 0 amide bonds. The number of anilines is 2. The molecule has 0 unspecified atom stereocenters. The minimum Gasteiger partial charge on any atom is -0.486 e. The highest BCUT2D eigenvalue weighted by Gasteiger charge is 2.17. The molecule has 1 aromatic rings.